The van der Waals surface area contributed by atoms with Gasteiger partial charge in [-0.25, -0.2) is 14.4 Å². The first-order valence-electron chi connectivity index (χ1n) is 8.57. The molecule has 2 rings (SSSR count). The van der Waals surface area contributed by atoms with Crippen LogP contribution in [0.15, 0.2) is 47.1 Å². The Morgan fingerprint density at radius 3 is 2.73 bits per heavy atom. The maximum absolute atomic E-state index is 12.3. The molecule has 1 aliphatic carbocycles. The normalized spacial score (nSPS) is 27.0. The van der Waals surface area contributed by atoms with Gasteiger partial charge in [-0.05, 0) is 39.7 Å². The smallest absolute Gasteiger partial charge is 0.334 e. The van der Waals surface area contributed by atoms with E-state index in [2.05, 4.69) is 6.58 Å². The van der Waals surface area contributed by atoms with Crippen LogP contribution in [0.5, 0.6) is 0 Å². The molecule has 1 N–H and O–H groups in total. The van der Waals surface area contributed by atoms with E-state index >= 15 is 0 Å². The van der Waals surface area contributed by atoms with Crippen LogP contribution in [0, 0.1) is 5.92 Å². The van der Waals surface area contributed by atoms with Gasteiger partial charge in [0.1, 0.15) is 12.2 Å². The van der Waals surface area contributed by atoms with Crippen LogP contribution in [-0.2, 0) is 23.9 Å². The predicted molar refractivity (Wildman–Crippen MR) is 95.1 cm³/mol. The molecule has 3 atom stereocenters. The summed E-state index contributed by atoms with van der Waals surface area (Å²) in [4.78, 5) is 35.9. The number of ether oxygens (including phenoxy) is 2. The standard InChI is InChI=1S/C20H24O6/c1-5-12(3)19(23)25-16-10-14(18(21)22)8-6-7-11(2)9-15-17(16)13(4)20(24)26-15/h5,8-9,15-17H,4,6-7,10H2,1-3H3,(H,21,22). The molecule has 1 heterocycles. The Labute approximate surface area is 152 Å². The number of hydrogen-bond donors (Lipinski definition) is 1. The Morgan fingerprint density at radius 1 is 1.42 bits per heavy atom. The third-order valence-electron chi connectivity index (χ3n) is 4.75. The molecule has 140 valence electrons. The molecule has 2 aliphatic rings. The van der Waals surface area contributed by atoms with Crippen molar-refractivity contribution in [3.05, 3.63) is 47.1 Å². The number of carboxylic acid groups (broad SMARTS) is 1. The van der Waals surface area contributed by atoms with E-state index in [1.165, 1.54) is 0 Å². The maximum atomic E-state index is 12.3. The highest BCUT2D eigenvalue weighted by Gasteiger charge is 2.45. The summed E-state index contributed by atoms with van der Waals surface area (Å²) in [5, 5.41) is 9.49. The summed E-state index contributed by atoms with van der Waals surface area (Å²) in [6, 6.07) is 0. The lowest BCUT2D eigenvalue weighted by atomic mass is 9.85. The Balaban J connectivity index is 2.46. The molecule has 0 saturated carbocycles. The van der Waals surface area contributed by atoms with Crippen molar-refractivity contribution in [1.82, 2.24) is 0 Å². The molecule has 26 heavy (non-hydrogen) atoms. The minimum absolute atomic E-state index is 0.0121. The molecule has 0 bridgehead atoms. The van der Waals surface area contributed by atoms with Crippen LogP contribution in [0.25, 0.3) is 0 Å². The van der Waals surface area contributed by atoms with E-state index in [9.17, 15) is 19.5 Å². The highest BCUT2D eigenvalue weighted by molar-refractivity contribution is 5.92. The van der Waals surface area contributed by atoms with Gasteiger partial charge in [0.25, 0.3) is 0 Å². The van der Waals surface area contributed by atoms with E-state index < -0.39 is 36.0 Å². The molecule has 6 nitrogen and oxygen atoms in total. The minimum Gasteiger partial charge on any atom is -0.478 e. The number of carboxylic acids is 1. The summed E-state index contributed by atoms with van der Waals surface area (Å²) in [7, 11) is 0. The van der Waals surface area contributed by atoms with E-state index in [0.29, 0.717) is 18.4 Å². The van der Waals surface area contributed by atoms with Crippen LogP contribution < -0.4 is 0 Å². The van der Waals surface area contributed by atoms with Gasteiger partial charge in [0.05, 0.1) is 5.92 Å². The Kier molecular flexibility index (Phi) is 6.18. The fourth-order valence-electron chi connectivity index (χ4n) is 3.08. The van der Waals surface area contributed by atoms with Gasteiger partial charge in [-0.3, -0.25) is 0 Å². The van der Waals surface area contributed by atoms with Crippen LogP contribution >= 0.6 is 0 Å². The monoisotopic (exact) mass is 360 g/mol. The molecule has 6 heteroatoms. The second-order valence-electron chi connectivity index (χ2n) is 6.63. The van der Waals surface area contributed by atoms with Gasteiger partial charge in [0.15, 0.2) is 0 Å². The fourth-order valence-corrected chi connectivity index (χ4v) is 3.08. The molecule has 1 fully saturated rings. The maximum Gasteiger partial charge on any atom is 0.334 e. The predicted octanol–water partition coefficient (Wildman–Crippen LogP) is 3.10. The van der Waals surface area contributed by atoms with Gasteiger partial charge >= 0.3 is 17.9 Å². The molecule has 3 unspecified atom stereocenters. The third-order valence-corrected chi connectivity index (χ3v) is 4.75. The van der Waals surface area contributed by atoms with Gasteiger partial charge in [-0.1, -0.05) is 24.3 Å². The Morgan fingerprint density at radius 2 is 2.12 bits per heavy atom. The quantitative estimate of drug-likeness (QED) is 0.472. The first-order valence-corrected chi connectivity index (χ1v) is 8.57. The van der Waals surface area contributed by atoms with E-state index in [4.69, 9.17) is 9.47 Å². The summed E-state index contributed by atoms with van der Waals surface area (Å²) in [6.07, 6.45) is 4.81. The number of carbonyl (C=O) groups excluding carboxylic acids is 2. The molecular formula is C20H24O6. The van der Waals surface area contributed by atoms with Crippen molar-refractivity contribution in [3.63, 3.8) is 0 Å². The molecule has 0 aromatic rings. The van der Waals surface area contributed by atoms with E-state index in [1.807, 2.05) is 13.0 Å². The van der Waals surface area contributed by atoms with Gasteiger partial charge in [-0.15, -0.1) is 0 Å². The van der Waals surface area contributed by atoms with Crippen molar-refractivity contribution in [1.29, 1.82) is 0 Å². The van der Waals surface area contributed by atoms with Crippen LogP contribution in [0.2, 0.25) is 0 Å². The van der Waals surface area contributed by atoms with E-state index in [0.717, 1.165) is 5.57 Å². The molecule has 0 radical (unpaired) electrons. The second kappa shape index (κ2) is 8.17. The van der Waals surface area contributed by atoms with E-state index in [-0.39, 0.29) is 17.6 Å². The number of carbonyl (C=O) groups is 3. The van der Waals surface area contributed by atoms with Crippen molar-refractivity contribution < 1.29 is 29.0 Å². The number of rotatable bonds is 3. The molecular weight excluding hydrogens is 336 g/mol. The average Bonchev–Trinajstić information content (AvgIpc) is 2.85. The molecule has 0 amide bonds. The van der Waals surface area contributed by atoms with Crippen LogP contribution in [0.4, 0.5) is 0 Å². The van der Waals surface area contributed by atoms with Crippen LogP contribution in [0.1, 0.15) is 40.0 Å². The second-order valence-corrected chi connectivity index (χ2v) is 6.63. The number of fused-ring (bicyclic) bond motifs is 1. The Hall–Kier alpha value is -2.63. The SMILES string of the molecule is C=C1C(=O)OC2C=C(C)CCC=C(C(=O)O)CC(OC(=O)C(C)=CC)C12. The van der Waals surface area contributed by atoms with Gasteiger partial charge < -0.3 is 14.6 Å². The zero-order valence-corrected chi connectivity index (χ0v) is 15.3. The van der Waals surface area contributed by atoms with Crippen molar-refractivity contribution in [2.45, 2.75) is 52.2 Å². The highest BCUT2D eigenvalue weighted by Crippen LogP contribution is 2.36. The Bertz CT molecular complexity index is 725. The molecule has 0 spiro atoms. The average molecular weight is 360 g/mol. The summed E-state index contributed by atoms with van der Waals surface area (Å²) < 4.78 is 11.0. The number of esters is 2. The fraction of sp³-hybridized carbons (Fsp3) is 0.450. The van der Waals surface area contributed by atoms with Crippen LogP contribution in [0.3, 0.4) is 0 Å². The van der Waals surface area contributed by atoms with Gasteiger partial charge in [-0.2, -0.15) is 0 Å². The van der Waals surface area contributed by atoms with Gasteiger partial charge in [0, 0.05) is 23.1 Å². The minimum atomic E-state index is -1.07. The van der Waals surface area contributed by atoms with Crippen molar-refractivity contribution in [2.75, 3.05) is 0 Å². The van der Waals surface area contributed by atoms with Crippen LogP contribution in [-0.4, -0.2) is 35.2 Å². The van der Waals surface area contributed by atoms with Crippen molar-refractivity contribution in [2.24, 2.45) is 5.92 Å². The summed E-state index contributed by atoms with van der Waals surface area (Å²) in [5.74, 6) is -2.78. The highest BCUT2D eigenvalue weighted by atomic mass is 16.6. The zero-order chi connectivity index (χ0) is 19.4. The zero-order valence-electron chi connectivity index (χ0n) is 15.3. The molecule has 1 saturated heterocycles. The third kappa shape index (κ3) is 4.31. The molecule has 0 aromatic carbocycles. The molecule has 1 aliphatic heterocycles. The number of hydrogen-bond acceptors (Lipinski definition) is 5. The lowest BCUT2D eigenvalue weighted by Gasteiger charge is -2.27. The number of allylic oxidation sites excluding steroid dienone is 3. The largest absolute Gasteiger partial charge is 0.478 e. The summed E-state index contributed by atoms with van der Waals surface area (Å²) >= 11 is 0. The molecule has 0 aromatic heterocycles. The van der Waals surface area contributed by atoms with E-state index in [1.54, 1.807) is 26.0 Å². The lowest BCUT2D eigenvalue weighted by Crippen LogP contribution is -2.34. The topological polar surface area (TPSA) is 89.9 Å². The summed E-state index contributed by atoms with van der Waals surface area (Å²) in [5.41, 5.74) is 1.73. The first kappa shape index (κ1) is 19.7. The number of aliphatic carboxylic acids is 1. The lowest BCUT2D eigenvalue weighted by molar-refractivity contribution is -0.148. The van der Waals surface area contributed by atoms with Crippen molar-refractivity contribution in [3.8, 4) is 0 Å². The van der Waals surface area contributed by atoms with Crippen molar-refractivity contribution >= 4 is 17.9 Å². The summed E-state index contributed by atoms with van der Waals surface area (Å²) in [6.45, 7) is 9.01. The first-order chi connectivity index (χ1) is 12.2. The van der Waals surface area contributed by atoms with Gasteiger partial charge in [0.2, 0.25) is 0 Å².